The van der Waals surface area contributed by atoms with E-state index in [1.165, 1.54) is 4.88 Å². The average Bonchev–Trinajstić information content (AvgIpc) is 3.34. The van der Waals surface area contributed by atoms with E-state index in [0.29, 0.717) is 40.1 Å². The lowest BCUT2D eigenvalue weighted by Gasteiger charge is -2.33. The summed E-state index contributed by atoms with van der Waals surface area (Å²) in [6, 6.07) is 22.4. The number of hydrogen-bond acceptors (Lipinski definition) is 5. The van der Waals surface area contributed by atoms with E-state index < -0.39 is 0 Å². The third-order valence-electron chi connectivity index (χ3n) is 7.56. The van der Waals surface area contributed by atoms with Gasteiger partial charge in [0, 0.05) is 21.8 Å². The maximum atomic E-state index is 13.6. The Morgan fingerprint density at radius 1 is 1.17 bits per heavy atom. The van der Waals surface area contributed by atoms with Crippen LogP contribution >= 0.6 is 38.9 Å². The number of nitriles is 1. The lowest BCUT2D eigenvalue weighted by Crippen LogP contribution is -2.27. The lowest BCUT2D eigenvalue weighted by atomic mass is 9.72. The number of aliphatic imine (C=N–C) groups is 1. The van der Waals surface area contributed by atoms with Gasteiger partial charge in [0.15, 0.2) is 0 Å². The van der Waals surface area contributed by atoms with Crippen LogP contribution in [-0.4, -0.2) is 12.1 Å². The molecule has 214 valence electrons. The summed E-state index contributed by atoms with van der Waals surface area (Å²) in [5, 5.41) is 13.4. The lowest BCUT2D eigenvalue weighted by molar-refractivity contribution is 0.102. The molecule has 4 aromatic rings. The predicted octanol–water partition coefficient (Wildman–Crippen LogP) is 9.77. The molecule has 8 heteroatoms. The van der Waals surface area contributed by atoms with E-state index in [-0.39, 0.29) is 11.3 Å². The highest BCUT2D eigenvalue weighted by molar-refractivity contribution is 9.10. The largest absolute Gasteiger partial charge is 0.488 e. The van der Waals surface area contributed by atoms with Crippen LogP contribution < -0.4 is 10.1 Å². The molecule has 0 fully saturated rings. The molecular formula is C34H31BrClN3O2S. The number of carbonyl (C=O) groups is 1. The quantitative estimate of drug-likeness (QED) is 0.201. The highest BCUT2D eigenvalue weighted by atomic mass is 79.9. The number of anilines is 1. The van der Waals surface area contributed by atoms with E-state index in [1.54, 1.807) is 53.9 Å². The van der Waals surface area contributed by atoms with E-state index in [2.05, 4.69) is 48.1 Å². The third-order valence-corrected chi connectivity index (χ3v) is 9.60. The maximum absolute atomic E-state index is 13.6. The SMILES string of the molecule is CC(C)(C)[C@@H]1CCc2c(sc(N=Cc3ccc(OCc4ccc(C#N)cc4)c(Br)c3)c2C(=O)Nc2ccc(Cl)cc2)C1. The second-order valence-electron chi connectivity index (χ2n) is 11.5. The normalized spacial score (nSPS) is 14.8. The molecule has 1 aliphatic carbocycles. The van der Waals surface area contributed by atoms with E-state index in [1.807, 2.05) is 30.3 Å². The van der Waals surface area contributed by atoms with Gasteiger partial charge in [-0.05, 0) is 118 Å². The van der Waals surface area contributed by atoms with Gasteiger partial charge in [-0.1, -0.05) is 44.5 Å². The molecule has 1 atom stereocenters. The first kappa shape index (κ1) is 30.0. The molecule has 1 N–H and O–H groups in total. The van der Waals surface area contributed by atoms with Crippen LogP contribution in [0.1, 0.15) is 64.7 Å². The molecule has 0 saturated heterocycles. The Bertz CT molecular complexity index is 1670. The first-order chi connectivity index (χ1) is 20.1. The van der Waals surface area contributed by atoms with Crippen LogP contribution in [0.25, 0.3) is 0 Å². The zero-order chi connectivity index (χ0) is 29.9. The molecule has 3 aromatic carbocycles. The second kappa shape index (κ2) is 12.8. The molecule has 0 radical (unpaired) electrons. The minimum Gasteiger partial charge on any atom is -0.488 e. The Hall–Kier alpha value is -3.44. The van der Waals surface area contributed by atoms with Gasteiger partial charge in [0.2, 0.25) is 0 Å². The average molecular weight is 661 g/mol. The summed E-state index contributed by atoms with van der Waals surface area (Å²) in [7, 11) is 0. The summed E-state index contributed by atoms with van der Waals surface area (Å²) in [5.41, 5.74) is 5.16. The van der Waals surface area contributed by atoms with Crippen LogP contribution in [0, 0.1) is 22.7 Å². The minimum absolute atomic E-state index is 0.149. The Labute approximate surface area is 264 Å². The number of ether oxygens (including phenoxy) is 1. The van der Waals surface area contributed by atoms with Crippen molar-refractivity contribution < 1.29 is 9.53 Å². The summed E-state index contributed by atoms with van der Waals surface area (Å²) in [6.45, 7) is 7.26. The number of benzene rings is 3. The number of carbonyl (C=O) groups excluding carboxylic acids is 1. The zero-order valence-corrected chi connectivity index (χ0v) is 26.9. The zero-order valence-electron chi connectivity index (χ0n) is 23.7. The Morgan fingerprint density at radius 3 is 2.57 bits per heavy atom. The molecule has 0 saturated carbocycles. The van der Waals surface area contributed by atoms with Crippen molar-refractivity contribution in [2.45, 2.75) is 46.6 Å². The fraction of sp³-hybridized carbons (Fsp3) is 0.265. The van der Waals surface area contributed by atoms with Gasteiger partial charge in [0.1, 0.15) is 17.4 Å². The maximum Gasteiger partial charge on any atom is 0.259 e. The number of thiophene rings is 1. The minimum atomic E-state index is -0.149. The highest BCUT2D eigenvalue weighted by Crippen LogP contribution is 2.45. The monoisotopic (exact) mass is 659 g/mol. The van der Waals surface area contributed by atoms with E-state index in [9.17, 15) is 4.79 Å². The van der Waals surface area contributed by atoms with Crippen LogP contribution in [0.2, 0.25) is 5.02 Å². The van der Waals surface area contributed by atoms with Crippen molar-refractivity contribution in [3.63, 3.8) is 0 Å². The summed E-state index contributed by atoms with van der Waals surface area (Å²) >= 11 is 11.3. The van der Waals surface area contributed by atoms with Crippen LogP contribution in [0.4, 0.5) is 10.7 Å². The van der Waals surface area contributed by atoms with Crippen molar-refractivity contribution in [2.75, 3.05) is 5.32 Å². The molecular weight excluding hydrogens is 630 g/mol. The van der Waals surface area contributed by atoms with Crippen molar-refractivity contribution in [2.24, 2.45) is 16.3 Å². The van der Waals surface area contributed by atoms with Crippen LogP contribution in [0.15, 0.2) is 76.2 Å². The molecule has 0 unspecified atom stereocenters. The number of hydrogen-bond donors (Lipinski definition) is 1. The molecule has 1 amide bonds. The number of halogens is 2. The van der Waals surface area contributed by atoms with Crippen LogP contribution in [0.3, 0.4) is 0 Å². The first-order valence-electron chi connectivity index (χ1n) is 13.8. The number of fused-ring (bicyclic) bond motifs is 1. The Balaban J connectivity index is 1.37. The standard InChI is InChI=1S/C34H31BrClN3O2S/c1-34(2,3)24-9-14-27-30(17-24)42-33(31(27)32(40)39-26-12-10-25(36)11-13-26)38-19-23-8-15-29(28(35)16-23)41-20-22-6-4-21(18-37)5-7-22/h4-8,10-13,15-16,19,24H,9,14,17,20H2,1-3H3,(H,39,40)/t24-/m1/s1. The van der Waals surface area contributed by atoms with E-state index in [0.717, 1.165) is 45.4 Å². The van der Waals surface area contributed by atoms with Crippen molar-refractivity contribution in [1.29, 1.82) is 5.26 Å². The molecule has 0 bridgehead atoms. The van der Waals surface area contributed by atoms with E-state index in [4.69, 9.17) is 26.6 Å². The summed E-state index contributed by atoms with van der Waals surface area (Å²) in [6.07, 6.45) is 4.67. The van der Waals surface area contributed by atoms with Crippen molar-refractivity contribution in [1.82, 2.24) is 0 Å². The van der Waals surface area contributed by atoms with Gasteiger partial charge in [0.05, 0.1) is 21.7 Å². The van der Waals surface area contributed by atoms with Gasteiger partial charge in [-0.3, -0.25) is 4.79 Å². The molecule has 1 aromatic heterocycles. The first-order valence-corrected chi connectivity index (χ1v) is 15.8. The fourth-order valence-corrected chi connectivity index (χ4v) is 6.95. The third kappa shape index (κ3) is 7.12. The van der Waals surface area contributed by atoms with Gasteiger partial charge < -0.3 is 10.1 Å². The topological polar surface area (TPSA) is 74.5 Å². The summed E-state index contributed by atoms with van der Waals surface area (Å²) in [5.74, 6) is 1.11. The molecule has 0 spiro atoms. The highest BCUT2D eigenvalue weighted by Gasteiger charge is 2.33. The van der Waals surface area contributed by atoms with Gasteiger partial charge >= 0.3 is 0 Å². The number of amides is 1. The Morgan fingerprint density at radius 2 is 1.90 bits per heavy atom. The van der Waals surface area contributed by atoms with Crippen LogP contribution in [-0.2, 0) is 19.4 Å². The Kier molecular flexibility index (Phi) is 9.17. The second-order valence-corrected chi connectivity index (χ2v) is 13.9. The smallest absolute Gasteiger partial charge is 0.259 e. The number of nitrogens with zero attached hydrogens (tertiary/aromatic N) is 2. The summed E-state index contributed by atoms with van der Waals surface area (Å²) < 4.78 is 6.79. The van der Waals surface area contributed by atoms with Gasteiger partial charge in [-0.25, -0.2) is 4.99 Å². The summed E-state index contributed by atoms with van der Waals surface area (Å²) in [4.78, 5) is 19.7. The predicted molar refractivity (Wildman–Crippen MR) is 176 cm³/mol. The van der Waals surface area contributed by atoms with Gasteiger partial charge in [-0.2, -0.15) is 5.26 Å². The van der Waals surface area contributed by atoms with Gasteiger partial charge in [0.25, 0.3) is 5.91 Å². The molecule has 1 heterocycles. The van der Waals surface area contributed by atoms with Gasteiger partial charge in [-0.15, -0.1) is 11.3 Å². The van der Waals surface area contributed by atoms with Crippen molar-refractivity contribution >= 4 is 61.7 Å². The number of rotatable bonds is 7. The molecule has 42 heavy (non-hydrogen) atoms. The fourth-order valence-electron chi connectivity index (χ4n) is 5.05. The van der Waals surface area contributed by atoms with Crippen LogP contribution in [0.5, 0.6) is 5.75 Å². The molecule has 5 nitrogen and oxygen atoms in total. The molecule has 5 rings (SSSR count). The van der Waals surface area contributed by atoms with Crippen molar-refractivity contribution in [3.8, 4) is 11.8 Å². The number of nitrogens with one attached hydrogen (secondary N) is 1. The van der Waals surface area contributed by atoms with Crippen molar-refractivity contribution in [3.05, 3.63) is 109 Å². The molecule has 1 aliphatic rings. The molecule has 0 aliphatic heterocycles. The van der Waals surface area contributed by atoms with E-state index >= 15 is 0 Å².